The van der Waals surface area contributed by atoms with E-state index in [1.807, 2.05) is 0 Å². The Hall–Kier alpha value is -2.46. The summed E-state index contributed by atoms with van der Waals surface area (Å²) in [4.78, 5) is 28.8. The Labute approximate surface area is 320 Å². The molecule has 0 aromatic heterocycles. The lowest BCUT2D eigenvalue weighted by molar-refractivity contribution is -1.03. The largest absolute Gasteiger partial charge is 0.458 e. The molecule has 5 aliphatic carbocycles. The van der Waals surface area contributed by atoms with Crippen molar-refractivity contribution in [2.45, 2.75) is 145 Å². The van der Waals surface area contributed by atoms with Gasteiger partial charge in [-0.2, -0.15) is 0 Å². The fraction of sp³-hybridized carbons (Fsp3) is 0.778. The Morgan fingerprint density at radius 1 is 1.02 bits per heavy atom. The summed E-state index contributed by atoms with van der Waals surface area (Å²) >= 11 is 0. The van der Waals surface area contributed by atoms with Crippen LogP contribution in [-0.2, 0) is 24.5 Å². The minimum Gasteiger partial charge on any atom is -0.458 e. The van der Waals surface area contributed by atoms with Crippen molar-refractivity contribution in [2.24, 2.45) is 52.3 Å². The number of hydrogen-bond acceptors (Lipinski definition) is 8. The summed E-state index contributed by atoms with van der Waals surface area (Å²) in [7, 11) is 2.17. The lowest BCUT2D eigenvalue weighted by Gasteiger charge is -2.67. The molecule has 5 saturated carbocycles. The molecule has 7 unspecified atom stereocenters. The highest BCUT2D eigenvalue weighted by atomic mass is 16.5. The van der Waals surface area contributed by atoms with Crippen molar-refractivity contribution in [3.63, 3.8) is 0 Å². The summed E-state index contributed by atoms with van der Waals surface area (Å²) in [6, 6.07) is 8.74. The third kappa shape index (κ3) is 3.88. The molecule has 1 aromatic rings. The van der Waals surface area contributed by atoms with Crippen molar-refractivity contribution in [3.8, 4) is 0 Å². The molecule has 9 fully saturated rings. The van der Waals surface area contributed by atoms with Gasteiger partial charge in [0.05, 0.1) is 29.2 Å². The summed E-state index contributed by atoms with van der Waals surface area (Å²) < 4.78 is 12.3. The minimum atomic E-state index is -0.739. The fourth-order valence-corrected chi connectivity index (χ4v) is 17.6. The molecular weight excluding hydrogens is 681 g/mol. The number of carbonyl (C=O) groups is 2. The minimum absolute atomic E-state index is 0.0370. The number of nitrogens with zero attached hydrogens (tertiary/aromatic N) is 2. The van der Waals surface area contributed by atoms with E-state index in [2.05, 4.69) is 57.0 Å². The van der Waals surface area contributed by atoms with Gasteiger partial charge >= 0.3 is 11.9 Å². The van der Waals surface area contributed by atoms with E-state index >= 15 is 0 Å². The van der Waals surface area contributed by atoms with Gasteiger partial charge in [-0.3, -0.25) is 4.48 Å². The first-order valence-electron chi connectivity index (χ1n) is 21.7. The average molecular weight is 742 g/mol. The van der Waals surface area contributed by atoms with Gasteiger partial charge in [0, 0.05) is 48.9 Å². The van der Waals surface area contributed by atoms with Gasteiger partial charge in [-0.25, -0.2) is 9.59 Å². The van der Waals surface area contributed by atoms with Gasteiger partial charge in [-0.15, -0.1) is 0 Å². The van der Waals surface area contributed by atoms with Crippen molar-refractivity contribution in [1.29, 1.82) is 0 Å². The highest BCUT2D eigenvalue weighted by Crippen LogP contribution is 2.73. The molecule has 12 rings (SSSR count). The number of para-hydroxylation sites is 1. The SMILES string of the molecule is CC[C@H]1[C@@H]2CC3[C@@H]4N(C)c5ccccc5C45C[C@@H](C2C5O)[N+]3(CC(=O)O[C@H]2CC[C@@]3(C)C(CC[C@@H]4C3CC[C@]3(C)[C@@H](C5=CC(=O)OC5)CC[C@]43O)C2)[C@@H]1O. The zero-order valence-corrected chi connectivity index (χ0v) is 32.7. The number of anilines is 1. The number of benzene rings is 1. The van der Waals surface area contributed by atoms with E-state index in [1.54, 1.807) is 6.08 Å². The average Bonchev–Trinajstić information content (AvgIpc) is 3.83. The molecule has 292 valence electrons. The number of cyclic esters (lactones) is 1. The van der Waals surface area contributed by atoms with Crippen molar-refractivity contribution < 1.29 is 38.9 Å². The van der Waals surface area contributed by atoms with E-state index in [9.17, 15) is 24.9 Å². The van der Waals surface area contributed by atoms with Gasteiger partial charge < -0.3 is 29.7 Å². The van der Waals surface area contributed by atoms with E-state index in [-0.39, 0.29) is 88.5 Å². The fourth-order valence-electron chi connectivity index (χ4n) is 17.6. The van der Waals surface area contributed by atoms with E-state index in [0.717, 1.165) is 82.6 Å². The maximum Gasteiger partial charge on any atom is 0.362 e. The molecule has 11 aliphatic rings. The van der Waals surface area contributed by atoms with Crippen LogP contribution in [0.5, 0.6) is 0 Å². The Balaban J connectivity index is 0.829. The van der Waals surface area contributed by atoms with Crippen LogP contribution in [0.2, 0.25) is 0 Å². The second kappa shape index (κ2) is 11.1. The molecule has 3 N–H and O–H groups in total. The Bertz CT molecular complexity index is 1830. The normalized spacial score (nSPS) is 54.4. The lowest BCUT2D eigenvalue weighted by atomic mass is 9.43. The predicted molar refractivity (Wildman–Crippen MR) is 201 cm³/mol. The van der Waals surface area contributed by atoms with Gasteiger partial charge in [0.15, 0.2) is 12.8 Å². The zero-order valence-electron chi connectivity index (χ0n) is 32.7. The summed E-state index contributed by atoms with van der Waals surface area (Å²) in [6.07, 6.45) is 11.5. The molecule has 9 heteroatoms. The van der Waals surface area contributed by atoms with Crippen molar-refractivity contribution in [2.75, 3.05) is 25.1 Å². The monoisotopic (exact) mass is 741 g/mol. The standard InChI is InChI=1S/C45H61N2O7/c1-5-27-28-20-34-39-44(32-8-6-7-9-33(32)46(39)4)21-35(38(28)40(44)50)47(34,41(27)51)22-37(49)54-26-12-15-42(2)25(19-26)10-11-31-30(42)13-16-43(3)29(14-17-45(31,43)52)24-18-36(48)53-23-24/h6-9,18,25-31,34-35,38-41,50-52H,5,10-17,19-23H2,1-4H3/q+1/t25?,26-,27-,28-,29+,30?,31+,34?,35-,38?,39-,40?,41+,42-,43+,44?,45-,47?/m0/s1. The smallest absolute Gasteiger partial charge is 0.362 e. The summed E-state index contributed by atoms with van der Waals surface area (Å²) in [6.45, 7) is 7.48. The number of quaternary nitrogens is 1. The number of piperidine rings is 4. The highest BCUT2D eigenvalue weighted by Gasteiger charge is 2.83. The molecule has 0 radical (unpaired) electrons. The third-order valence-electron chi connectivity index (χ3n) is 19.8. The number of hydrogen-bond donors (Lipinski definition) is 3. The maximum atomic E-state index is 14.5. The van der Waals surface area contributed by atoms with Gasteiger partial charge in [0.25, 0.3) is 0 Å². The molecule has 0 amide bonds. The molecule has 18 atom stereocenters. The van der Waals surface area contributed by atoms with Crippen LogP contribution >= 0.6 is 0 Å². The molecule has 4 saturated heterocycles. The number of carbonyl (C=O) groups excluding carboxylic acids is 2. The van der Waals surface area contributed by atoms with Crippen LogP contribution in [-0.4, -0.2) is 94.1 Å². The molecule has 9 nitrogen and oxygen atoms in total. The van der Waals surface area contributed by atoms with Crippen LogP contribution in [0, 0.1) is 52.3 Å². The zero-order chi connectivity index (χ0) is 37.3. The molecule has 54 heavy (non-hydrogen) atoms. The summed E-state index contributed by atoms with van der Waals surface area (Å²) in [5.41, 5.74) is 2.28. The second-order valence-electron chi connectivity index (χ2n) is 20.7. The van der Waals surface area contributed by atoms with Gasteiger partial charge in [0.2, 0.25) is 0 Å². The van der Waals surface area contributed by atoms with Gasteiger partial charge in [-0.1, -0.05) is 39.0 Å². The van der Waals surface area contributed by atoms with E-state index in [0.29, 0.717) is 22.9 Å². The molecule has 1 aromatic carbocycles. The van der Waals surface area contributed by atoms with Crippen LogP contribution in [0.4, 0.5) is 5.69 Å². The van der Waals surface area contributed by atoms with Crippen LogP contribution in [0.1, 0.15) is 103 Å². The number of ether oxygens (including phenoxy) is 2. The number of likely N-dealkylation sites (N-methyl/N-ethyl adjacent to an activating group) is 1. The van der Waals surface area contributed by atoms with Gasteiger partial charge in [-0.05, 0) is 116 Å². The molecular formula is C45H61N2O7+. The van der Waals surface area contributed by atoms with Gasteiger partial charge in [0.1, 0.15) is 18.8 Å². The molecule has 1 spiro atoms. The number of aliphatic hydroxyl groups is 3. The third-order valence-corrected chi connectivity index (χ3v) is 19.8. The quantitative estimate of drug-likeness (QED) is 0.278. The van der Waals surface area contributed by atoms with Crippen molar-refractivity contribution >= 4 is 17.6 Å². The van der Waals surface area contributed by atoms with Crippen molar-refractivity contribution in [1.82, 2.24) is 0 Å². The Kier molecular flexibility index (Phi) is 7.17. The predicted octanol–water partition coefficient (Wildman–Crippen LogP) is 5.24. The lowest BCUT2D eigenvalue weighted by Crippen LogP contribution is -2.83. The maximum absolute atomic E-state index is 14.5. The van der Waals surface area contributed by atoms with Crippen LogP contribution in [0.25, 0.3) is 0 Å². The van der Waals surface area contributed by atoms with Crippen LogP contribution < -0.4 is 4.90 Å². The van der Waals surface area contributed by atoms with E-state index in [1.165, 1.54) is 11.3 Å². The second-order valence-corrected chi connectivity index (χ2v) is 20.7. The number of esters is 2. The van der Waals surface area contributed by atoms with Crippen LogP contribution in [0.3, 0.4) is 0 Å². The summed E-state index contributed by atoms with van der Waals surface area (Å²) in [5, 5.41) is 37.5. The highest BCUT2D eigenvalue weighted by molar-refractivity contribution is 5.85. The van der Waals surface area contributed by atoms with E-state index in [4.69, 9.17) is 9.47 Å². The molecule has 5 bridgehead atoms. The number of fused-ring (bicyclic) bond motifs is 7. The number of rotatable bonds is 5. The molecule has 6 aliphatic heterocycles. The number of aliphatic hydroxyl groups excluding tert-OH is 2. The first kappa shape index (κ1) is 34.8. The first-order chi connectivity index (χ1) is 25.8. The molecule has 6 heterocycles. The van der Waals surface area contributed by atoms with Crippen LogP contribution in [0.15, 0.2) is 35.9 Å². The first-order valence-corrected chi connectivity index (χ1v) is 21.7. The Morgan fingerprint density at radius 3 is 2.61 bits per heavy atom. The van der Waals surface area contributed by atoms with E-state index < -0.39 is 17.9 Å². The topological polar surface area (TPSA) is 117 Å². The van der Waals surface area contributed by atoms with Crippen molar-refractivity contribution in [3.05, 3.63) is 41.5 Å². The summed E-state index contributed by atoms with van der Waals surface area (Å²) in [5.74, 6) is 1.32. The Morgan fingerprint density at radius 2 is 1.83 bits per heavy atom.